The van der Waals surface area contributed by atoms with Crippen LogP contribution in [0.1, 0.15) is 51.1 Å². The molecule has 0 radical (unpaired) electrons. The third-order valence-electron chi connectivity index (χ3n) is 4.28. The highest BCUT2D eigenvalue weighted by atomic mass is 16.3. The van der Waals surface area contributed by atoms with E-state index in [4.69, 9.17) is 0 Å². The van der Waals surface area contributed by atoms with Crippen LogP contribution in [0, 0.1) is 11.8 Å². The first kappa shape index (κ1) is 16.8. The maximum Gasteiger partial charge on any atom is 0.315 e. The van der Waals surface area contributed by atoms with Crippen LogP contribution in [0.15, 0.2) is 30.3 Å². The van der Waals surface area contributed by atoms with Gasteiger partial charge in [-0.25, -0.2) is 4.79 Å². The van der Waals surface area contributed by atoms with E-state index >= 15 is 0 Å². The van der Waals surface area contributed by atoms with Crippen LogP contribution in [0.3, 0.4) is 0 Å². The Labute approximate surface area is 133 Å². The Morgan fingerprint density at radius 1 is 1.27 bits per heavy atom. The van der Waals surface area contributed by atoms with Crippen LogP contribution in [0.25, 0.3) is 0 Å². The van der Waals surface area contributed by atoms with Crippen molar-refractivity contribution in [1.82, 2.24) is 10.6 Å². The van der Waals surface area contributed by atoms with E-state index in [0.717, 1.165) is 31.2 Å². The van der Waals surface area contributed by atoms with Crippen LogP contribution >= 0.6 is 0 Å². The van der Waals surface area contributed by atoms with Gasteiger partial charge < -0.3 is 15.7 Å². The Kier molecular flexibility index (Phi) is 6.25. The highest BCUT2D eigenvalue weighted by molar-refractivity contribution is 5.74. The van der Waals surface area contributed by atoms with E-state index in [1.54, 1.807) is 0 Å². The molecule has 0 aromatic heterocycles. The third kappa shape index (κ3) is 5.34. The predicted octanol–water partition coefficient (Wildman–Crippen LogP) is 3.23. The van der Waals surface area contributed by atoms with Gasteiger partial charge in [-0.05, 0) is 43.1 Å². The fourth-order valence-corrected chi connectivity index (χ4v) is 3.12. The number of carbonyl (C=O) groups is 1. The molecule has 1 aromatic carbocycles. The number of hydrogen-bond donors (Lipinski definition) is 3. The van der Waals surface area contributed by atoms with Crippen LogP contribution in [0.5, 0.6) is 0 Å². The lowest BCUT2D eigenvalue weighted by atomic mass is 9.97. The number of aliphatic hydroxyl groups excluding tert-OH is 1. The molecule has 0 aliphatic heterocycles. The number of hydrogen-bond acceptors (Lipinski definition) is 2. The maximum atomic E-state index is 12.2. The number of aliphatic hydroxyl groups is 1. The third-order valence-corrected chi connectivity index (χ3v) is 4.28. The summed E-state index contributed by atoms with van der Waals surface area (Å²) in [6, 6.07) is 10.0. The van der Waals surface area contributed by atoms with Gasteiger partial charge in [0.15, 0.2) is 0 Å². The van der Waals surface area contributed by atoms with Gasteiger partial charge in [0, 0.05) is 6.54 Å². The van der Waals surface area contributed by atoms with Crippen molar-refractivity contribution in [2.75, 3.05) is 6.54 Å². The predicted molar refractivity (Wildman–Crippen MR) is 88.5 cm³/mol. The molecule has 2 rings (SSSR count). The fraction of sp³-hybridized carbons (Fsp3) is 0.611. The molecule has 1 aromatic rings. The summed E-state index contributed by atoms with van der Waals surface area (Å²) in [7, 11) is 0. The molecule has 0 heterocycles. The molecule has 3 atom stereocenters. The molecule has 0 spiro atoms. The van der Waals surface area contributed by atoms with Gasteiger partial charge in [0.2, 0.25) is 0 Å². The lowest BCUT2D eigenvalue weighted by Gasteiger charge is -2.22. The molecule has 4 nitrogen and oxygen atoms in total. The summed E-state index contributed by atoms with van der Waals surface area (Å²) in [5.41, 5.74) is 1.14. The molecule has 1 saturated carbocycles. The fourth-order valence-electron chi connectivity index (χ4n) is 3.12. The molecular weight excluding hydrogens is 276 g/mol. The van der Waals surface area contributed by atoms with Crippen LogP contribution in [0.4, 0.5) is 4.79 Å². The molecule has 1 aliphatic carbocycles. The molecular formula is C18H28N2O2. The summed E-state index contributed by atoms with van der Waals surface area (Å²) in [4.78, 5) is 12.2. The van der Waals surface area contributed by atoms with Crippen molar-refractivity contribution in [3.05, 3.63) is 35.9 Å². The van der Waals surface area contributed by atoms with E-state index in [1.807, 2.05) is 18.2 Å². The summed E-state index contributed by atoms with van der Waals surface area (Å²) in [6.07, 6.45) is 3.38. The number of nitrogens with one attached hydrogen (secondary N) is 2. The van der Waals surface area contributed by atoms with Gasteiger partial charge in [0.05, 0.1) is 12.1 Å². The van der Waals surface area contributed by atoms with Gasteiger partial charge in [-0.3, -0.25) is 0 Å². The quantitative estimate of drug-likeness (QED) is 0.755. The molecule has 0 bridgehead atoms. The van der Waals surface area contributed by atoms with Gasteiger partial charge in [0.25, 0.3) is 0 Å². The Morgan fingerprint density at radius 3 is 2.59 bits per heavy atom. The first-order valence-electron chi connectivity index (χ1n) is 8.32. The van der Waals surface area contributed by atoms with Crippen molar-refractivity contribution in [3.63, 3.8) is 0 Å². The van der Waals surface area contributed by atoms with E-state index in [0.29, 0.717) is 18.4 Å². The molecule has 2 amide bonds. The highest BCUT2D eigenvalue weighted by Crippen LogP contribution is 2.24. The monoisotopic (exact) mass is 304 g/mol. The topological polar surface area (TPSA) is 61.4 Å². The molecule has 1 aliphatic rings. The zero-order valence-electron chi connectivity index (χ0n) is 13.6. The van der Waals surface area contributed by atoms with Crippen molar-refractivity contribution >= 4 is 6.03 Å². The lowest BCUT2D eigenvalue weighted by Crippen LogP contribution is -2.40. The first-order valence-corrected chi connectivity index (χ1v) is 8.32. The molecule has 22 heavy (non-hydrogen) atoms. The largest absolute Gasteiger partial charge is 0.393 e. The average Bonchev–Trinajstić information content (AvgIpc) is 2.91. The number of rotatable bonds is 6. The van der Waals surface area contributed by atoms with Crippen molar-refractivity contribution in [2.45, 2.75) is 51.7 Å². The van der Waals surface area contributed by atoms with E-state index in [-0.39, 0.29) is 18.2 Å². The summed E-state index contributed by atoms with van der Waals surface area (Å²) < 4.78 is 0. The summed E-state index contributed by atoms with van der Waals surface area (Å²) in [6.45, 7) is 4.97. The van der Waals surface area contributed by atoms with E-state index < -0.39 is 0 Å². The van der Waals surface area contributed by atoms with E-state index in [9.17, 15) is 9.90 Å². The SMILES string of the molecule is CC(C)C[C@H](NC(=O)NC[C@H]1CC[C@H](O)C1)c1ccccc1. The minimum absolute atomic E-state index is 0.0374. The number of benzene rings is 1. The minimum atomic E-state index is -0.187. The van der Waals surface area contributed by atoms with Crippen molar-refractivity contribution in [2.24, 2.45) is 11.8 Å². The summed E-state index contributed by atoms with van der Waals surface area (Å²) in [5.74, 6) is 0.913. The van der Waals surface area contributed by atoms with Gasteiger partial charge in [0.1, 0.15) is 0 Å². The Balaban J connectivity index is 1.85. The van der Waals surface area contributed by atoms with E-state index in [2.05, 4.69) is 36.6 Å². The van der Waals surface area contributed by atoms with Gasteiger partial charge in [-0.2, -0.15) is 0 Å². The minimum Gasteiger partial charge on any atom is -0.393 e. The van der Waals surface area contributed by atoms with Crippen molar-refractivity contribution < 1.29 is 9.90 Å². The Hall–Kier alpha value is -1.55. The van der Waals surface area contributed by atoms with Crippen LogP contribution < -0.4 is 10.6 Å². The molecule has 0 saturated heterocycles. The van der Waals surface area contributed by atoms with Crippen molar-refractivity contribution in [3.8, 4) is 0 Å². The summed E-state index contributed by atoms with van der Waals surface area (Å²) in [5, 5.41) is 15.6. The highest BCUT2D eigenvalue weighted by Gasteiger charge is 2.23. The summed E-state index contributed by atoms with van der Waals surface area (Å²) >= 11 is 0. The lowest BCUT2D eigenvalue weighted by molar-refractivity contribution is 0.177. The standard InChI is InChI=1S/C18H28N2O2/c1-13(2)10-17(15-6-4-3-5-7-15)20-18(22)19-12-14-8-9-16(21)11-14/h3-7,13-14,16-17,21H,8-12H2,1-2H3,(H2,19,20,22)/t14-,16-,17-/m0/s1. The smallest absolute Gasteiger partial charge is 0.315 e. The zero-order valence-corrected chi connectivity index (χ0v) is 13.6. The van der Waals surface area contributed by atoms with Crippen LogP contribution in [-0.4, -0.2) is 23.8 Å². The average molecular weight is 304 g/mol. The second-order valence-corrected chi connectivity index (χ2v) is 6.78. The molecule has 4 heteroatoms. The molecule has 0 unspecified atom stereocenters. The van der Waals surface area contributed by atoms with Gasteiger partial charge >= 0.3 is 6.03 Å². The normalized spacial score (nSPS) is 22.5. The number of amides is 2. The second-order valence-electron chi connectivity index (χ2n) is 6.78. The zero-order chi connectivity index (χ0) is 15.9. The van der Waals surface area contributed by atoms with Gasteiger partial charge in [-0.1, -0.05) is 44.2 Å². The van der Waals surface area contributed by atoms with E-state index in [1.165, 1.54) is 0 Å². The number of urea groups is 1. The molecule has 1 fully saturated rings. The Morgan fingerprint density at radius 2 is 2.00 bits per heavy atom. The first-order chi connectivity index (χ1) is 10.5. The maximum absolute atomic E-state index is 12.2. The van der Waals surface area contributed by atoms with Crippen LogP contribution in [-0.2, 0) is 0 Å². The number of carbonyl (C=O) groups excluding carboxylic acids is 1. The van der Waals surface area contributed by atoms with Gasteiger partial charge in [-0.15, -0.1) is 0 Å². The van der Waals surface area contributed by atoms with Crippen molar-refractivity contribution in [1.29, 1.82) is 0 Å². The second kappa shape index (κ2) is 8.18. The van der Waals surface area contributed by atoms with Crippen LogP contribution in [0.2, 0.25) is 0 Å². The molecule has 122 valence electrons. The Bertz CT molecular complexity index is 461. The molecule has 3 N–H and O–H groups in total.